The summed E-state index contributed by atoms with van der Waals surface area (Å²) < 4.78 is 6.01. The molecule has 1 saturated carbocycles. The van der Waals surface area contributed by atoms with Gasteiger partial charge in [0.25, 0.3) is 0 Å². The second-order valence-electron chi connectivity index (χ2n) is 5.26. The van der Waals surface area contributed by atoms with Gasteiger partial charge in [0.15, 0.2) is 0 Å². The molecule has 1 aromatic carbocycles. The molecule has 0 amide bonds. The van der Waals surface area contributed by atoms with Crippen LogP contribution >= 0.6 is 0 Å². The first-order chi connectivity index (χ1) is 8.15. The third kappa shape index (κ3) is 3.47. The molecule has 2 unspecified atom stereocenters. The van der Waals surface area contributed by atoms with E-state index >= 15 is 0 Å². The second kappa shape index (κ2) is 5.54. The van der Waals surface area contributed by atoms with Crippen molar-refractivity contribution < 1.29 is 9.84 Å². The Hall–Kier alpha value is -1.02. The van der Waals surface area contributed by atoms with Crippen molar-refractivity contribution in [3.8, 4) is 5.75 Å². The summed E-state index contributed by atoms with van der Waals surface area (Å²) in [6.45, 7) is 4.07. The Labute approximate surface area is 104 Å². The SMILES string of the molecule is CC1CCCC(Oc2cccc([C@H](C)O)c2)C1. The number of aliphatic hydroxyl groups is 1. The molecule has 0 radical (unpaired) electrons. The van der Waals surface area contributed by atoms with Crippen LogP contribution in [0.2, 0.25) is 0 Å². The Morgan fingerprint density at radius 1 is 1.35 bits per heavy atom. The summed E-state index contributed by atoms with van der Waals surface area (Å²) in [5.41, 5.74) is 0.923. The van der Waals surface area contributed by atoms with Gasteiger partial charge < -0.3 is 9.84 Å². The number of aliphatic hydroxyl groups excluding tert-OH is 1. The molecule has 3 atom stereocenters. The van der Waals surface area contributed by atoms with Crippen molar-refractivity contribution in [1.82, 2.24) is 0 Å². The van der Waals surface area contributed by atoms with E-state index in [2.05, 4.69) is 6.92 Å². The van der Waals surface area contributed by atoms with Crippen LogP contribution in [0, 0.1) is 5.92 Å². The van der Waals surface area contributed by atoms with Crippen LogP contribution in [0.15, 0.2) is 24.3 Å². The van der Waals surface area contributed by atoms with Crippen molar-refractivity contribution in [1.29, 1.82) is 0 Å². The highest BCUT2D eigenvalue weighted by Crippen LogP contribution is 2.28. The van der Waals surface area contributed by atoms with Gasteiger partial charge in [-0.1, -0.05) is 25.5 Å². The fourth-order valence-electron chi connectivity index (χ4n) is 2.53. The summed E-state index contributed by atoms with van der Waals surface area (Å²) in [7, 11) is 0. The molecule has 2 nitrogen and oxygen atoms in total. The van der Waals surface area contributed by atoms with Crippen molar-refractivity contribution >= 4 is 0 Å². The van der Waals surface area contributed by atoms with E-state index in [0.29, 0.717) is 6.10 Å². The Bertz CT molecular complexity index is 360. The van der Waals surface area contributed by atoms with Crippen molar-refractivity contribution in [2.45, 2.75) is 51.7 Å². The lowest BCUT2D eigenvalue weighted by molar-refractivity contribution is 0.128. The molecule has 2 rings (SSSR count). The van der Waals surface area contributed by atoms with E-state index < -0.39 is 6.10 Å². The highest BCUT2D eigenvalue weighted by atomic mass is 16.5. The third-order valence-corrected chi connectivity index (χ3v) is 3.53. The lowest BCUT2D eigenvalue weighted by Gasteiger charge is -2.27. The minimum absolute atomic E-state index is 0.350. The first kappa shape index (κ1) is 12.4. The summed E-state index contributed by atoms with van der Waals surface area (Å²) >= 11 is 0. The topological polar surface area (TPSA) is 29.5 Å². The standard InChI is InChI=1S/C15H22O2/c1-11-5-3-7-14(9-11)17-15-8-4-6-13(10-15)12(2)16/h4,6,8,10-12,14,16H,3,5,7,9H2,1-2H3/t11?,12-,14?/m0/s1. The van der Waals surface area contributed by atoms with Crippen LogP contribution in [-0.4, -0.2) is 11.2 Å². The summed E-state index contributed by atoms with van der Waals surface area (Å²) in [5.74, 6) is 1.66. The lowest BCUT2D eigenvalue weighted by Crippen LogP contribution is -2.24. The second-order valence-corrected chi connectivity index (χ2v) is 5.26. The summed E-state index contributed by atoms with van der Waals surface area (Å²) in [6, 6.07) is 7.81. The normalized spacial score (nSPS) is 26.5. The Morgan fingerprint density at radius 3 is 2.88 bits per heavy atom. The third-order valence-electron chi connectivity index (χ3n) is 3.53. The van der Waals surface area contributed by atoms with Crippen molar-refractivity contribution in [2.24, 2.45) is 5.92 Å². The van der Waals surface area contributed by atoms with Crippen LogP contribution < -0.4 is 4.74 Å². The molecule has 1 fully saturated rings. The maximum atomic E-state index is 9.54. The van der Waals surface area contributed by atoms with Gasteiger partial charge in [-0.05, 0) is 49.8 Å². The molecule has 1 aliphatic carbocycles. The van der Waals surface area contributed by atoms with Crippen LogP contribution in [0.1, 0.15) is 51.2 Å². The van der Waals surface area contributed by atoms with Gasteiger partial charge in [0.05, 0.1) is 12.2 Å². The van der Waals surface area contributed by atoms with Crippen LogP contribution in [0.4, 0.5) is 0 Å². The maximum absolute atomic E-state index is 9.54. The highest BCUT2D eigenvalue weighted by Gasteiger charge is 2.20. The van der Waals surface area contributed by atoms with Gasteiger partial charge in [-0.3, -0.25) is 0 Å². The van der Waals surface area contributed by atoms with Gasteiger partial charge in [-0.2, -0.15) is 0 Å². The average molecular weight is 234 g/mol. The van der Waals surface area contributed by atoms with E-state index in [1.54, 1.807) is 6.92 Å². The number of ether oxygens (including phenoxy) is 1. The van der Waals surface area contributed by atoms with E-state index in [1.165, 1.54) is 12.8 Å². The van der Waals surface area contributed by atoms with Crippen LogP contribution in [0.5, 0.6) is 5.75 Å². The molecule has 0 spiro atoms. The maximum Gasteiger partial charge on any atom is 0.120 e. The lowest BCUT2D eigenvalue weighted by atomic mass is 9.89. The van der Waals surface area contributed by atoms with Gasteiger partial charge in [-0.15, -0.1) is 0 Å². The summed E-state index contributed by atoms with van der Waals surface area (Å²) in [5, 5.41) is 9.54. The summed E-state index contributed by atoms with van der Waals surface area (Å²) in [4.78, 5) is 0. The highest BCUT2D eigenvalue weighted by molar-refractivity contribution is 5.29. The van der Waals surface area contributed by atoms with Crippen LogP contribution in [0.3, 0.4) is 0 Å². The molecule has 0 heterocycles. The van der Waals surface area contributed by atoms with Gasteiger partial charge in [0.1, 0.15) is 5.75 Å². The molecular weight excluding hydrogens is 212 g/mol. The predicted molar refractivity (Wildman–Crippen MR) is 69.1 cm³/mol. The van der Waals surface area contributed by atoms with Crippen molar-refractivity contribution in [2.75, 3.05) is 0 Å². The quantitative estimate of drug-likeness (QED) is 0.864. The smallest absolute Gasteiger partial charge is 0.120 e. The molecule has 17 heavy (non-hydrogen) atoms. The van der Waals surface area contributed by atoms with Gasteiger partial charge in [0, 0.05) is 0 Å². The van der Waals surface area contributed by atoms with Gasteiger partial charge >= 0.3 is 0 Å². The number of benzene rings is 1. The number of hydrogen-bond donors (Lipinski definition) is 1. The predicted octanol–water partition coefficient (Wildman–Crippen LogP) is 3.70. The Balaban J connectivity index is 2.00. The van der Waals surface area contributed by atoms with Crippen molar-refractivity contribution in [3.63, 3.8) is 0 Å². The molecule has 1 aromatic rings. The number of hydrogen-bond acceptors (Lipinski definition) is 2. The monoisotopic (exact) mass is 234 g/mol. The van der Waals surface area contributed by atoms with Gasteiger partial charge in [0.2, 0.25) is 0 Å². The first-order valence-corrected chi connectivity index (χ1v) is 6.60. The average Bonchev–Trinajstić information content (AvgIpc) is 2.29. The van der Waals surface area contributed by atoms with Crippen LogP contribution in [-0.2, 0) is 0 Å². The van der Waals surface area contributed by atoms with Crippen molar-refractivity contribution in [3.05, 3.63) is 29.8 Å². The minimum Gasteiger partial charge on any atom is -0.490 e. The Morgan fingerprint density at radius 2 is 2.18 bits per heavy atom. The molecule has 1 aliphatic rings. The zero-order chi connectivity index (χ0) is 12.3. The molecule has 0 aromatic heterocycles. The molecule has 94 valence electrons. The van der Waals surface area contributed by atoms with Crippen LogP contribution in [0.25, 0.3) is 0 Å². The number of rotatable bonds is 3. The molecule has 1 N–H and O–H groups in total. The van der Waals surface area contributed by atoms with E-state index in [0.717, 1.165) is 30.1 Å². The van der Waals surface area contributed by atoms with E-state index in [1.807, 2.05) is 24.3 Å². The van der Waals surface area contributed by atoms with E-state index in [9.17, 15) is 5.11 Å². The zero-order valence-electron chi connectivity index (χ0n) is 10.7. The molecule has 0 saturated heterocycles. The molecule has 0 aliphatic heterocycles. The largest absolute Gasteiger partial charge is 0.490 e. The summed E-state index contributed by atoms with van der Waals surface area (Å²) in [6.07, 6.45) is 4.82. The zero-order valence-corrected chi connectivity index (χ0v) is 10.7. The minimum atomic E-state index is -0.427. The van der Waals surface area contributed by atoms with E-state index in [4.69, 9.17) is 4.74 Å². The molecule has 2 heteroatoms. The fourth-order valence-corrected chi connectivity index (χ4v) is 2.53. The molecule has 0 bridgehead atoms. The van der Waals surface area contributed by atoms with E-state index in [-0.39, 0.29) is 0 Å². The first-order valence-electron chi connectivity index (χ1n) is 6.60. The van der Waals surface area contributed by atoms with Gasteiger partial charge in [-0.25, -0.2) is 0 Å². The Kier molecular flexibility index (Phi) is 4.06. The molecular formula is C15H22O2. The fraction of sp³-hybridized carbons (Fsp3) is 0.600.